The van der Waals surface area contributed by atoms with Crippen molar-refractivity contribution >= 4 is 22.9 Å². The average molecular weight is 371 g/mol. The highest BCUT2D eigenvalue weighted by Gasteiger charge is 2.35. The van der Waals surface area contributed by atoms with E-state index in [1.54, 1.807) is 7.11 Å². The molecule has 7 nitrogen and oxygen atoms in total. The second-order valence-electron chi connectivity index (χ2n) is 7.59. The average Bonchev–Trinajstić information content (AvgIpc) is 3.27. The summed E-state index contributed by atoms with van der Waals surface area (Å²) >= 11 is 0. The molecule has 1 amide bonds. The van der Waals surface area contributed by atoms with Crippen LogP contribution in [-0.2, 0) is 11.8 Å². The zero-order valence-electron chi connectivity index (χ0n) is 16.2. The van der Waals surface area contributed by atoms with E-state index in [1.165, 1.54) is 25.9 Å². The maximum atomic E-state index is 12.9. The van der Waals surface area contributed by atoms with Crippen LogP contribution >= 0.6 is 0 Å². The van der Waals surface area contributed by atoms with Gasteiger partial charge >= 0.3 is 0 Å². The molecule has 7 heteroatoms. The van der Waals surface area contributed by atoms with Crippen LogP contribution in [0.25, 0.3) is 11.0 Å². The fourth-order valence-electron chi connectivity index (χ4n) is 4.48. The Morgan fingerprint density at radius 1 is 1.30 bits per heavy atom. The zero-order chi connectivity index (χ0) is 18.8. The SMILES string of the molecule is COCCNc1nc2cc(C(=O)NC3CCCN4CCCC34)ccc2n1C. The second-order valence-corrected chi connectivity index (χ2v) is 7.59. The van der Waals surface area contributed by atoms with Crippen molar-refractivity contribution in [3.63, 3.8) is 0 Å². The number of carbonyl (C=O) groups is 1. The number of aromatic nitrogens is 2. The van der Waals surface area contributed by atoms with E-state index in [2.05, 4.69) is 20.5 Å². The fraction of sp³-hybridized carbons (Fsp3) is 0.600. The Hall–Kier alpha value is -2.12. The van der Waals surface area contributed by atoms with Gasteiger partial charge in [0.15, 0.2) is 0 Å². The molecule has 27 heavy (non-hydrogen) atoms. The highest BCUT2D eigenvalue weighted by Crippen LogP contribution is 2.27. The molecule has 1 aromatic heterocycles. The predicted octanol–water partition coefficient (Wildman–Crippen LogP) is 1.99. The van der Waals surface area contributed by atoms with Gasteiger partial charge in [-0.3, -0.25) is 9.69 Å². The van der Waals surface area contributed by atoms with E-state index in [0.29, 0.717) is 24.8 Å². The van der Waals surface area contributed by atoms with Crippen molar-refractivity contribution in [2.45, 2.75) is 37.8 Å². The first-order valence-electron chi connectivity index (χ1n) is 9.91. The fourth-order valence-corrected chi connectivity index (χ4v) is 4.48. The maximum Gasteiger partial charge on any atom is 0.251 e. The smallest absolute Gasteiger partial charge is 0.251 e. The minimum atomic E-state index is 0.00944. The van der Waals surface area contributed by atoms with Crippen LogP contribution in [0.1, 0.15) is 36.0 Å². The van der Waals surface area contributed by atoms with E-state index in [1.807, 2.05) is 29.8 Å². The molecule has 0 saturated carbocycles. The van der Waals surface area contributed by atoms with Crippen molar-refractivity contribution < 1.29 is 9.53 Å². The molecule has 2 aliphatic heterocycles. The van der Waals surface area contributed by atoms with Crippen LogP contribution in [0.3, 0.4) is 0 Å². The van der Waals surface area contributed by atoms with Gasteiger partial charge in [-0.1, -0.05) is 0 Å². The molecule has 0 spiro atoms. The molecule has 2 saturated heterocycles. The molecular formula is C20H29N5O2. The van der Waals surface area contributed by atoms with Crippen molar-refractivity contribution in [2.75, 3.05) is 38.7 Å². The lowest BCUT2D eigenvalue weighted by molar-refractivity contribution is 0.0868. The van der Waals surface area contributed by atoms with Crippen molar-refractivity contribution in [1.29, 1.82) is 0 Å². The number of methoxy groups -OCH3 is 1. The van der Waals surface area contributed by atoms with E-state index in [4.69, 9.17) is 4.74 Å². The number of benzene rings is 1. The number of anilines is 1. The highest BCUT2D eigenvalue weighted by atomic mass is 16.5. The highest BCUT2D eigenvalue weighted by molar-refractivity contribution is 5.98. The third kappa shape index (κ3) is 3.66. The lowest BCUT2D eigenvalue weighted by atomic mass is 9.96. The molecule has 146 valence electrons. The Bertz CT molecular complexity index is 818. The van der Waals surface area contributed by atoms with E-state index < -0.39 is 0 Å². The summed E-state index contributed by atoms with van der Waals surface area (Å²) in [5, 5.41) is 6.55. The number of ether oxygens (including phenoxy) is 1. The normalized spacial score (nSPS) is 22.7. The van der Waals surface area contributed by atoms with Gasteiger partial charge in [0, 0.05) is 38.3 Å². The third-order valence-corrected chi connectivity index (χ3v) is 5.89. The largest absolute Gasteiger partial charge is 0.383 e. The summed E-state index contributed by atoms with van der Waals surface area (Å²) in [5.74, 6) is 0.795. The van der Waals surface area contributed by atoms with Crippen molar-refractivity contribution in [3.8, 4) is 0 Å². The van der Waals surface area contributed by atoms with Crippen LogP contribution in [0.2, 0.25) is 0 Å². The molecule has 0 bridgehead atoms. The quantitative estimate of drug-likeness (QED) is 0.760. The topological polar surface area (TPSA) is 71.4 Å². The standard InChI is InChI=1S/C20H29N5O2/c1-24-17-8-7-14(13-16(17)23-20(24)21-9-12-27-2)19(26)22-15-5-3-10-25-11-4-6-18(15)25/h7-8,13,15,18H,3-6,9-12H2,1-2H3,(H,21,23)(H,22,26). The number of fused-ring (bicyclic) bond motifs is 2. The van der Waals surface area contributed by atoms with E-state index >= 15 is 0 Å². The molecule has 2 unspecified atom stereocenters. The molecule has 4 rings (SSSR count). The van der Waals surface area contributed by atoms with Gasteiger partial charge in [-0.25, -0.2) is 4.98 Å². The number of imidazole rings is 1. The van der Waals surface area contributed by atoms with E-state index in [9.17, 15) is 4.79 Å². The van der Waals surface area contributed by atoms with Crippen LogP contribution < -0.4 is 10.6 Å². The number of hydrogen-bond donors (Lipinski definition) is 2. The zero-order valence-corrected chi connectivity index (χ0v) is 16.2. The van der Waals surface area contributed by atoms with Gasteiger partial charge in [-0.05, 0) is 57.0 Å². The third-order valence-electron chi connectivity index (χ3n) is 5.89. The summed E-state index contributed by atoms with van der Waals surface area (Å²) in [6, 6.07) is 6.54. The second kappa shape index (κ2) is 7.86. The van der Waals surface area contributed by atoms with Gasteiger partial charge in [-0.15, -0.1) is 0 Å². The summed E-state index contributed by atoms with van der Waals surface area (Å²) < 4.78 is 7.08. The molecule has 2 fully saturated rings. The molecule has 3 heterocycles. The van der Waals surface area contributed by atoms with Crippen LogP contribution in [0.15, 0.2) is 18.2 Å². The van der Waals surface area contributed by atoms with Crippen molar-refractivity contribution in [1.82, 2.24) is 19.8 Å². The first kappa shape index (κ1) is 18.3. The van der Waals surface area contributed by atoms with Gasteiger partial charge in [-0.2, -0.15) is 0 Å². The van der Waals surface area contributed by atoms with Gasteiger partial charge in [0.1, 0.15) is 0 Å². The van der Waals surface area contributed by atoms with Gasteiger partial charge < -0.3 is 19.9 Å². The van der Waals surface area contributed by atoms with Gasteiger partial charge in [0.05, 0.1) is 17.6 Å². The number of aryl methyl sites for hydroxylation is 1. The lowest BCUT2D eigenvalue weighted by Gasteiger charge is -2.37. The summed E-state index contributed by atoms with van der Waals surface area (Å²) in [7, 11) is 3.65. The lowest BCUT2D eigenvalue weighted by Crippen LogP contribution is -2.52. The summed E-state index contributed by atoms with van der Waals surface area (Å²) in [4.78, 5) is 20.0. The molecular weight excluding hydrogens is 342 g/mol. The first-order chi connectivity index (χ1) is 13.2. The molecule has 2 aromatic rings. The summed E-state index contributed by atoms with van der Waals surface area (Å²) in [6.45, 7) is 3.67. The molecule has 0 radical (unpaired) electrons. The molecule has 0 aliphatic carbocycles. The number of amides is 1. The number of carbonyl (C=O) groups excluding carboxylic acids is 1. The number of hydrogen-bond acceptors (Lipinski definition) is 5. The number of nitrogens with one attached hydrogen (secondary N) is 2. The molecule has 2 atom stereocenters. The molecule has 2 aliphatic rings. The van der Waals surface area contributed by atoms with Crippen molar-refractivity contribution in [2.24, 2.45) is 7.05 Å². The molecule has 1 aromatic carbocycles. The Kier molecular flexibility index (Phi) is 5.31. The Balaban J connectivity index is 1.48. The Labute approximate surface area is 160 Å². The number of piperidine rings is 1. The monoisotopic (exact) mass is 371 g/mol. The van der Waals surface area contributed by atoms with Crippen LogP contribution in [0.5, 0.6) is 0 Å². The van der Waals surface area contributed by atoms with E-state index in [0.717, 1.165) is 29.8 Å². The summed E-state index contributed by atoms with van der Waals surface area (Å²) in [6.07, 6.45) is 4.68. The Morgan fingerprint density at radius 2 is 2.11 bits per heavy atom. The summed E-state index contributed by atoms with van der Waals surface area (Å²) in [5.41, 5.74) is 2.52. The van der Waals surface area contributed by atoms with Gasteiger partial charge in [0.25, 0.3) is 5.91 Å². The first-order valence-corrected chi connectivity index (χ1v) is 9.91. The maximum absolute atomic E-state index is 12.9. The Morgan fingerprint density at radius 3 is 2.93 bits per heavy atom. The van der Waals surface area contributed by atoms with Crippen LogP contribution in [0, 0.1) is 0 Å². The van der Waals surface area contributed by atoms with Crippen molar-refractivity contribution in [3.05, 3.63) is 23.8 Å². The minimum absolute atomic E-state index is 0.00944. The van der Waals surface area contributed by atoms with Crippen LogP contribution in [-0.4, -0.2) is 65.8 Å². The minimum Gasteiger partial charge on any atom is -0.383 e. The number of rotatable bonds is 6. The van der Waals surface area contributed by atoms with Gasteiger partial charge in [0.2, 0.25) is 5.95 Å². The van der Waals surface area contributed by atoms with Crippen LogP contribution in [0.4, 0.5) is 5.95 Å². The number of nitrogens with zero attached hydrogens (tertiary/aromatic N) is 3. The predicted molar refractivity (Wildman–Crippen MR) is 106 cm³/mol. The van der Waals surface area contributed by atoms with E-state index in [-0.39, 0.29) is 11.9 Å². The molecule has 2 N–H and O–H groups in total.